The fraction of sp³-hybridized carbons (Fsp3) is 0.188. The Labute approximate surface area is 140 Å². The summed E-state index contributed by atoms with van der Waals surface area (Å²) in [4.78, 5) is 12.3. The summed E-state index contributed by atoms with van der Waals surface area (Å²) in [7, 11) is -3.38. The van der Waals surface area contributed by atoms with Gasteiger partial charge in [0.25, 0.3) is 5.91 Å². The number of carbonyl (C=O) groups excluding carboxylic acids is 1. The molecule has 23 heavy (non-hydrogen) atoms. The van der Waals surface area contributed by atoms with Crippen molar-refractivity contribution in [2.24, 2.45) is 0 Å². The smallest absolute Gasteiger partial charge is 0.251 e. The molecule has 1 atom stereocenters. The van der Waals surface area contributed by atoms with Crippen molar-refractivity contribution in [2.45, 2.75) is 13.0 Å². The van der Waals surface area contributed by atoms with Crippen LogP contribution in [0.1, 0.15) is 28.9 Å². The molecule has 0 aliphatic rings. The molecule has 0 fully saturated rings. The van der Waals surface area contributed by atoms with E-state index in [1.54, 1.807) is 30.3 Å². The zero-order chi connectivity index (χ0) is 17.0. The van der Waals surface area contributed by atoms with E-state index in [2.05, 4.69) is 10.0 Å². The van der Waals surface area contributed by atoms with E-state index in [4.69, 9.17) is 11.6 Å². The van der Waals surface area contributed by atoms with E-state index in [0.717, 1.165) is 11.8 Å². The molecule has 2 aromatic carbocycles. The Morgan fingerprint density at radius 2 is 1.78 bits per heavy atom. The van der Waals surface area contributed by atoms with Crippen molar-refractivity contribution in [1.82, 2.24) is 5.32 Å². The van der Waals surface area contributed by atoms with E-state index in [1.807, 2.05) is 19.1 Å². The Balaban J connectivity index is 2.11. The predicted octanol–water partition coefficient (Wildman–Crippen LogP) is 3.20. The molecule has 1 amide bonds. The summed E-state index contributed by atoms with van der Waals surface area (Å²) in [6.07, 6.45) is 1.06. The number of benzene rings is 2. The average molecular weight is 353 g/mol. The third kappa shape index (κ3) is 5.26. The van der Waals surface area contributed by atoms with E-state index in [0.29, 0.717) is 16.3 Å². The number of hydrogen-bond acceptors (Lipinski definition) is 3. The van der Waals surface area contributed by atoms with Gasteiger partial charge in [-0.05, 0) is 42.8 Å². The van der Waals surface area contributed by atoms with Crippen molar-refractivity contribution in [3.8, 4) is 0 Å². The van der Waals surface area contributed by atoms with E-state index < -0.39 is 10.0 Å². The van der Waals surface area contributed by atoms with Gasteiger partial charge in [0.15, 0.2) is 0 Å². The number of carbonyl (C=O) groups is 1. The van der Waals surface area contributed by atoms with Crippen molar-refractivity contribution >= 4 is 33.2 Å². The molecule has 0 spiro atoms. The molecular weight excluding hydrogens is 336 g/mol. The van der Waals surface area contributed by atoms with Crippen LogP contribution in [0.25, 0.3) is 0 Å². The fourth-order valence-electron chi connectivity index (χ4n) is 2.05. The van der Waals surface area contributed by atoms with Crippen LogP contribution in [0.15, 0.2) is 48.5 Å². The van der Waals surface area contributed by atoms with E-state index in [-0.39, 0.29) is 11.9 Å². The highest BCUT2D eigenvalue weighted by Crippen LogP contribution is 2.17. The van der Waals surface area contributed by atoms with Crippen LogP contribution in [-0.2, 0) is 10.0 Å². The normalized spacial score (nSPS) is 12.5. The van der Waals surface area contributed by atoms with Crippen LogP contribution in [0.4, 0.5) is 5.69 Å². The minimum atomic E-state index is -3.38. The van der Waals surface area contributed by atoms with Gasteiger partial charge in [-0.25, -0.2) is 8.42 Å². The lowest BCUT2D eigenvalue weighted by atomic mass is 10.1. The monoisotopic (exact) mass is 352 g/mol. The molecule has 0 bridgehead atoms. The van der Waals surface area contributed by atoms with Gasteiger partial charge in [-0.3, -0.25) is 9.52 Å². The molecule has 5 nitrogen and oxygen atoms in total. The highest BCUT2D eigenvalue weighted by atomic mass is 35.5. The standard InChI is InChI=1S/C16H17ClN2O3S/c1-11(12-6-8-14(17)9-7-12)18-16(20)13-4-3-5-15(10-13)19-23(2,21)22/h3-11,19H,1-2H3,(H,18,20). The van der Waals surface area contributed by atoms with Gasteiger partial charge in [-0.15, -0.1) is 0 Å². The first kappa shape index (κ1) is 17.3. The van der Waals surface area contributed by atoms with Crippen molar-refractivity contribution in [3.05, 3.63) is 64.7 Å². The SMILES string of the molecule is CC(NC(=O)c1cccc(NS(C)(=O)=O)c1)c1ccc(Cl)cc1. The molecule has 122 valence electrons. The molecule has 0 aromatic heterocycles. The average Bonchev–Trinajstić information content (AvgIpc) is 2.46. The zero-order valence-electron chi connectivity index (χ0n) is 12.7. The Morgan fingerprint density at radius 1 is 1.13 bits per heavy atom. The highest BCUT2D eigenvalue weighted by molar-refractivity contribution is 7.92. The zero-order valence-corrected chi connectivity index (χ0v) is 14.3. The Morgan fingerprint density at radius 3 is 2.39 bits per heavy atom. The number of sulfonamides is 1. The number of hydrogen-bond donors (Lipinski definition) is 2. The second-order valence-electron chi connectivity index (χ2n) is 5.20. The molecule has 0 aliphatic carbocycles. The summed E-state index contributed by atoms with van der Waals surface area (Å²) in [5, 5.41) is 3.49. The molecule has 2 aromatic rings. The van der Waals surface area contributed by atoms with Crippen LogP contribution in [0, 0.1) is 0 Å². The molecular formula is C16H17ClN2O3S. The number of amides is 1. The van der Waals surface area contributed by atoms with Crippen LogP contribution in [0.3, 0.4) is 0 Å². The second-order valence-corrected chi connectivity index (χ2v) is 7.39. The molecule has 0 saturated heterocycles. The van der Waals surface area contributed by atoms with Crippen LogP contribution in [0.5, 0.6) is 0 Å². The van der Waals surface area contributed by atoms with Gasteiger partial charge in [-0.1, -0.05) is 29.8 Å². The molecule has 0 saturated carbocycles. The summed E-state index contributed by atoms with van der Waals surface area (Å²) >= 11 is 5.84. The minimum absolute atomic E-state index is 0.203. The topological polar surface area (TPSA) is 75.3 Å². The minimum Gasteiger partial charge on any atom is -0.346 e. The van der Waals surface area contributed by atoms with Gasteiger partial charge < -0.3 is 5.32 Å². The molecule has 0 aliphatic heterocycles. The van der Waals surface area contributed by atoms with Gasteiger partial charge >= 0.3 is 0 Å². The third-order valence-corrected chi connectivity index (χ3v) is 4.00. The summed E-state index contributed by atoms with van der Waals surface area (Å²) in [5.41, 5.74) is 1.65. The molecule has 1 unspecified atom stereocenters. The van der Waals surface area contributed by atoms with Crippen molar-refractivity contribution in [2.75, 3.05) is 11.0 Å². The summed E-state index contributed by atoms with van der Waals surface area (Å²) in [5.74, 6) is -0.287. The van der Waals surface area contributed by atoms with Gasteiger partial charge in [0.1, 0.15) is 0 Å². The predicted molar refractivity (Wildman–Crippen MR) is 92.2 cm³/mol. The van der Waals surface area contributed by atoms with Gasteiger partial charge in [0, 0.05) is 16.3 Å². The number of anilines is 1. The molecule has 7 heteroatoms. The first-order chi connectivity index (χ1) is 10.7. The van der Waals surface area contributed by atoms with Crippen LogP contribution in [-0.4, -0.2) is 20.6 Å². The van der Waals surface area contributed by atoms with Crippen LogP contribution in [0.2, 0.25) is 5.02 Å². The molecule has 0 radical (unpaired) electrons. The largest absolute Gasteiger partial charge is 0.346 e. The number of nitrogens with one attached hydrogen (secondary N) is 2. The first-order valence-corrected chi connectivity index (χ1v) is 9.16. The quantitative estimate of drug-likeness (QED) is 0.867. The lowest BCUT2D eigenvalue weighted by molar-refractivity contribution is 0.0940. The van der Waals surface area contributed by atoms with Gasteiger partial charge in [0.2, 0.25) is 10.0 Å². The fourth-order valence-corrected chi connectivity index (χ4v) is 2.73. The summed E-state index contributed by atoms with van der Waals surface area (Å²) in [6.45, 7) is 1.86. The van der Waals surface area contributed by atoms with E-state index in [9.17, 15) is 13.2 Å². The maximum absolute atomic E-state index is 12.3. The molecule has 0 heterocycles. The lowest BCUT2D eigenvalue weighted by Crippen LogP contribution is -2.26. The molecule has 2 N–H and O–H groups in total. The highest BCUT2D eigenvalue weighted by Gasteiger charge is 2.12. The van der Waals surface area contributed by atoms with Gasteiger partial charge in [-0.2, -0.15) is 0 Å². The maximum Gasteiger partial charge on any atom is 0.251 e. The van der Waals surface area contributed by atoms with E-state index >= 15 is 0 Å². The van der Waals surface area contributed by atoms with Crippen LogP contribution < -0.4 is 10.0 Å². The second kappa shape index (κ2) is 7.02. The third-order valence-electron chi connectivity index (χ3n) is 3.15. The maximum atomic E-state index is 12.3. The lowest BCUT2D eigenvalue weighted by Gasteiger charge is -2.15. The van der Waals surface area contributed by atoms with Crippen molar-refractivity contribution in [3.63, 3.8) is 0 Å². The Bertz CT molecular complexity index is 804. The summed E-state index contributed by atoms with van der Waals surface area (Å²) < 4.78 is 24.8. The molecule has 2 rings (SSSR count). The van der Waals surface area contributed by atoms with Crippen LogP contribution >= 0.6 is 11.6 Å². The van der Waals surface area contributed by atoms with Crippen molar-refractivity contribution in [1.29, 1.82) is 0 Å². The number of halogens is 1. The summed E-state index contributed by atoms with van der Waals surface area (Å²) in [6, 6.07) is 13.3. The number of rotatable bonds is 5. The van der Waals surface area contributed by atoms with Crippen molar-refractivity contribution < 1.29 is 13.2 Å². The van der Waals surface area contributed by atoms with E-state index in [1.165, 1.54) is 6.07 Å². The Kier molecular flexibility index (Phi) is 5.28. The Hall–Kier alpha value is -2.05. The van der Waals surface area contributed by atoms with Gasteiger partial charge in [0.05, 0.1) is 12.3 Å². The first-order valence-electron chi connectivity index (χ1n) is 6.89.